The SMILES string of the molecule is O=C(Nc1nn(Cc2ccc(Cl)c(Cl)c2)cc1Cl)c1n[nH]c([N+](=O)[O-])c1Br. The van der Waals surface area contributed by atoms with Crippen molar-refractivity contribution in [2.45, 2.75) is 6.54 Å². The quantitative estimate of drug-likeness (QED) is 0.399. The molecule has 0 unspecified atom stereocenters. The molecule has 0 aliphatic rings. The molecule has 0 fully saturated rings. The van der Waals surface area contributed by atoms with E-state index in [2.05, 4.69) is 36.5 Å². The number of anilines is 1. The Balaban J connectivity index is 1.77. The second kappa shape index (κ2) is 7.85. The number of carbonyl (C=O) groups is 1. The summed E-state index contributed by atoms with van der Waals surface area (Å²) in [5.41, 5.74) is 0.629. The smallest absolute Gasteiger partial charge is 0.357 e. The lowest BCUT2D eigenvalue weighted by Crippen LogP contribution is -2.14. The zero-order valence-electron chi connectivity index (χ0n) is 13.0. The van der Waals surface area contributed by atoms with E-state index in [0.717, 1.165) is 5.56 Å². The van der Waals surface area contributed by atoms with Gasteiger partial charge in [-0.2, -0.15) is 5.10 Å². The molecule has 0 aliphatic carbocycles. The number of nitro groups is 1. The molecule has 0 radical (unpaired) electrons. The Morgan fingerprint density at radius 2 is 2.04 bits per heavy atom. The Morgan fingerprint density at radius 1 is 1.30 bits per heavy atom. The van der Waals surface area contributed by atoms with E-state index < -0.39 is 16.6 Å². The van der Waals surface area contributed by atoms with Crippen LogP contribution in [0.4, 0.5) is 11.6 Å². The van der Waals surface area contributed by atoms with Gasteiger partial charge in [-0.05, 0) is 38.5 Å². The number of carbonyl (C=O) groups excluding carboxylic acids is 1. The number of H-pyrrole nitrogens is 1. The van der Waals surface area contributed by atoms with Crippen molar-refractivity contribution in [3.63, 3.8) is 0 Å². The van der Waals surface area contributed by atoms with Gasteiger partial charge in [-0.15, -0.1) is 5.10 Å². The number of nitrogens with zero attached hydrogens (tertiary/aromatic N) is 4. The molecule has 0 atom stereocenters. The van der Waals surface area contributed by atoms with Gasteiger partial charge in [0.15, 0.2) is 11.5 Å². The number of amides is 1. The molecular weight excluding hydrogens is 486 g/mol. The van der Waals surface area contributed by atoms with Crippen LogP contribution in [0.3, 0.4) is 0 Å². The van der Waals surface area contributed by atoms with Crippen LogP contribution in [0.15, 0.2) is 28.9 Å². The Labute approximate surface area is 174 Å². The van der Waals surface area contributed by atoms with Crippen molar-refractivity contribution in [2.24, 2.45) is 0 Å². The molecule has 0 spiro atoms. The van der Waals surface area contributed by atoms with Crippen LogP contribution in [0.25, 0.3) is 0 Å². The zero-order chi connectivity index (χ0) is 19.7. The summed E-state index contributed by atoms with van der Waals surface area (Å²) in [5.74, 6) is -1.07. The molecule has 2 aromatic heterocycles. The molecule has 2 N–H and O–H groups in total. The van der Waals surface area contributed by atoms with Crippen molar-refractivity contribution in [3.05, 3.63) is 65.3 Å². The highest BCUT2D eigenvalue weighted by Crippen LogP contribution is 2.28. The fourth-order valence-corrected chi connectivity index (χ4v) is 3.17. The molecule has 3 aromatic rings. The summed E-state index contributed by atoms with van der Waals surface area (Å²) in [6.45, 7) is 0.337. The third kappa shape index (κ3) is 4.24. The van der Waals surface area contributed by atoms with E-state index >= 15 is 0 Å². The maximum atomic E-state index is 12.3. The van der Waals surface area contributed by atoms with Gasteiger partial charge in [0.1, 0.15) is 9.50 Å². The number of aromatic nitrogens is 4. The average Bonchev–Trinajstić information content (AvgIpc) is 3.14. The van der Waals surface area contributed by atoms with E-state index in [-0.39, 0.29) is 21.0 Å². The highest BCUT2D eigenvalue weighted by molar-refractivity contribution is 9.10. The predicted molar refractivity (Wildman–Crippen MR) is 104 cm³/mol. The first-order chi connectivity index (χ1) is 12.8. The van der Waals surface area contributed by atoms with Gasteiger partial charge < -0.3 is 15.4 Å². The van der Waals surface area contributed by atoms with Gasteiger partial charge in [-0.25, -0.2) is 0 Å². The minimum absolute atomic E-state index is 0.0728. The Morgan fingerprint density at radius 3 is 2.67 bits per heavy atom. The standard InChI is InChI=1S/C14H8BrCl3N6O3/c15-10-11(20-21-13(10)24(26)27)14(25)19-12-9(18)5-23(22-12)4-6-1-2-7(16)8(17)3-6/h1-3,5H,4H2,(H,20,21)(H,19,22,25). The summed E-state index contributed by atoms with van der Waals surface area (Å²) in [4.78, 5) is 22.4. The molecule has 9 nitrogen and oxygen atoms in total. The fourth-order valence-electron chi connectivity index (χ4n) is 2.15. The predicted octanol–water partition coefficient (Wildman–Crippen LogP) is 4.54. The first kappa shape index (κ1) is 19.6. The van der Waals surface area contributed by atoms with Crippen molar-refractivity contribution in [1.29, 1.82) is 0 Å². The van der Waals surface area contributed by atoms with E-state index in [0.29, 0.717) is 16.6 Å². The molecule has 13 heteroatoms. The molecular formula is C14H8BrCl3N6O3. The molecule has 0 saturated carbocycles. The number of benzene rings is 1. The third-order valence-corrected chi connectivity index (χ3v) is 5.13. The second-order valence-corrected chi connectivity index (χ2v) is 7.23. The molecule has 0 bridgehead atoms. The molecule has 140 valence electrons. The summed E-state index contributed by atoms with van der Waals surface area (Å²) >= 11 is 20.9. The minimum Gasteiger partial charge on any atom is -0.358 e. The van der Waals surface area contributed by atoms with Gasteiger partial charge in [0.2, 0.25) is 0 Å². The van der Waals surface area contributed by atoms with Gasteiger partial charge in [0, 0.05) is 6.20 Å². The number of halogens is 4. The minimum atomic E-state index is -0.715. The van der Waals surface area contributed by atoms with E-state index in [1.54, 1.807) is 18.2 Å². The first-order valence-corrected chi connectivity index (χ1v) is 9.05. The second-order valence-electron chi connectivity index (χ2n) is 5.22. The van der Waals surface area contributed by atoms with Crippen LogP contribution >= 0.6 is 50.7 Å². The fraction of sp³-hybridized carbons (Fsp3) is 0.0714. The number of hydrogen-bond acceptors (Lipinski definition) is 5. The highest BCUT2D eigenvalue weighted by atomic mass is 79.9. The lowest BCUT2D eigenvalue weighted by Gasteiger charge is -2.04. The lowest BCUT2D eigenvalue weighted by molar-refractivity contribution is -0.390. The van der Waals surface area contributed by atoms with Crippen molar-refractivity contribution < 1.29 is 9.72 Å². The molecule has 3 rings (SSSR count). The summed E-state index contributed by atoms with van der Waals surface area (Å²) in [5, 5.41) is 24.3. The van der Waals surface area contributed by atoms with Crippen molar-refractivity contribution in [1.82, 2.24) is 20.0 Å². The molecule has 27 heavy (non-hydrogen) atoms. The van der Waals surface area contributed by atoms with Gasteiger partial charge in [0.25, 0.3) is 5.91 Å². The third-order valence-electron chi connectivity index (χ3n) is 3.36. The van der Waals surface area contributed by atoms with Gasteiger partial charge in [-0.3, -0.25) is 9.48 Å². The van der Waals surface area contributed by atoms with E-state index in [9.17, 15) is 14.9 Å². The molecule has 2 heterocycles. The van der Waals surface area contributed by atoms with Crippen LogP contribution in [-0.2, 0) is 6.54 Å². The topological polar surface area (TPSA) is 119 Å². The molecule has 1 aromatic carbocycles. The van der Waals surface area contributed by atoms with Crippen molar-refractivity contribution in [3.8, 4) is 0 Å². The van der Waals surface area contributed by atoms with Crippen LogP contribution in [0.2, 0.25) is 15.1 Å². The van der Waals surface area contributed by atoms with Crippen LogP contribution in [0.5, 0.6) is 0 Å². The number of hydrogen-bond donors (Lipinski definition) is 2. The number of rotatable bonds is 5. The van der Waals surface area contributed by atoms with Gasteiger partial charge in [0.05, 0.1) is 16.6 Å². The first-order valence-electron chi connectivity index (χ1n) is 7.12. The van der Waals surface area contributed by atoms with Gasteiger partial charge >= 0.3 is 5.82 Å². The Kier molecular flexibility index (Phi) is 5.70. The maximum absolute atomic E-state index is 12.3. The largest absolute Gasteiger partial charge is 0.358 e. The maximum Gasteiger partial charge on any atom is 0.357 e. The Bertz CT molecular complexity index is 1050. The van der Waals surface area contributed by atoms with Crippen molar-refractivity contribution >= 4 is 68.3 Å². The highest BCUT2D eigenvalue weighted by Gasteiger charge is 2.25. The zero-order valence-corrected chi connectivity index (χ0v) is 16.9. The summed E-state index contributed by atoms with van der Waals surface area (Å²) in [6.07, 6.45) is 1.52. The van der Waals surface area contributed by atoms with E-state index in [4.69, 9.17) is 34.8 Å². The van der Waals surface area contributed by atoms with Gasteiger partial charge in [-0.1, -0.05) is 46.0 Å². The molecule has 0 aliphatic heterocycles. The number of nitrogens with one attached hydrogen (secondary N) is 2. The van der Waals surface area contributed by atoms with Crippen LogP contribution < -0.4 is 5.32 Å². The molecule has 0 saturated heterocycles. The molecule has 1 amide bonds. The normalized spacial score (nSPS) is 10.8. The Hall–Kier alpha value is -2.14. The summed E-state index contributed by atoms with van der Waals surface area (Å²) in [6, 6.07) is 5.13. The van der Waals surface area contributed by atoms with E-state index in [1.165, 1.54) is 10.9 Å². The summed E-state index contributed by atoms with van der Waals surface area (Å²) < 4.78 is 1.43. The van der Waals surface area contributed by atoms with Crippen LogP contribution in [0.1, 0.15) is 16.1 Å². The van der Waals surface area contributed by atoms with Crippen LogP contribution in [0, 0.1) is 10.1 Å². The number of aromatic amines is 1. The lowest BCUT2D eigenvalue weighted by atomic mass is 10.2. The van der Waals surface area contributed by atoms with Crippen LogP contribution in [-0.4, -0.2) is 30.8 Å². The van der Waals surface area contributed by atoms with E-state index in [1.807, 2.05) is 0 Å². The average molecular weight is 495 g/mol. The monoisotopic (exact) mass is 492 g/mol. The van der Waals surface area contributed by atoms with Crippen molar-refractivity contribution in [2.75, 3.05) is 5.32 Å². The summed E-state index contributed by atoms with van der Waals surface area (Å²) in [7, 11) is 0.